The number of thiophene rings is 1. The lowest BCUT2D eigenvalue weighted by molar-refractivity contribution is 0.247. The van der Waals surface area contributed by atoms with Crippen LogP contribution in [0.15, 0.2) is 11.4 Å². The van der Waals surface area contributed by atoms with E-state index >= 15 is 0 Å². The minimum atomic E-state index is 0.449. The third-order valence-electron chi connectivity index (χ3n) is 5.01. The van der Waals surface area contributed by atoms with Crippen LogP contribution in [0.4, 0.5) is 0 Å². The molecule has 1 saturated carbocycles. The maximum Gasteiger partial charge on any atom is 0.0416 e. The Morgan fingerprint density at radius 1 is 1.39 bits per heavy atom. The lowest BCUT2D eigenvalue weighted by Crippen LogP contribution is -2.38. The Balaban J connectivity index is 1.73. The molecule has 1 aromatic rings. The molecule has 0 amide bonds. The first kappa shape index (κ1) is 12.6. The fourth-order valence-electron chi connectivity index (χ4n) is 3.85. The molecular weight excluding hydrogens is 240 g/mol. The molecule has 2 fully saturated rings. The first-order valence-electron chi connectivity index (χ1n) is 7.20. The first-order valence-corrected chi connectivity index (χ1v) is 8.08. The fourth-order valence-corrected chi connectivity index (χ4v) is 4.86. The van der Waals surface area contributed by atoms with Gasteiger partial charge < -0.3 is 5.73 Å². The van der Waals surface area contributed by atoms with Gasteiger partial charge in [-0.2, -0.15) is 0 Å². The average Bonchev–Trinajstić information content (AvgIpc) is 2.95. The molecule has 3 heteroatoms. The van der Waals surface area contributed by atoms with Gasteiger partial charge in [-0.05, 0) is 55.5 Å². The molecule has 2 nitrogen and oxygen atoms in total. The van der Waals surface area contributed by atoms with Gasteiger partial charge in [-0.3, -0.25) is 4.90 Å². The van der Waals surface area contributed by atoms with Crippen molar-refractivity contribution in [3.8, 4) is 0 Å². The fraction of sp³-hybridized carbons (Fsp3) is 0.733. The number of hydrogen-bond acceptors (Lipinski definition) is 3. The van der Waals surface area contributed by atoms with E-state index in [9.17, 15) is 0 Å². The van der Waals surface area contributed by atoms with Crippen LogP contribution >= 0.6 is 11.3 Å². The summed E-state index contributed by atoms with van der Waals surface area (Å²) in [5.41, 5.74) is 7.76. The summed E-state index contributed by atoms with van der Waals surface area (Å²) in [4.78, 5) is 4.21. The van der Waals surface area contributed by atoms with Crippen LogP contribution in [-0.4, -0.2) is 24.0 Å². The number of rotatable bonds is 2. The van der Waals surface area contributed by atoms with Crippen molar-refractivity contribution in [2.75, 3.05) is 13.1 Å². The number of nitrogens with zero attached hydrogens (tertiary/aromatic N) is 1. The van der Waals surface area contributed by atoms with Gasteiger partial charge in [0.05, 0.1) is 0 Å². The van der Waals surface area contributed by atoms with Gasteiger partial charge in [-0.1, -0.05) is 6.42 Å². The van der Waals surface area contributed by atoms with Crippen molar-refractivity contribution in [3.05, 3.63) is 21.9 Å². The van der Waals surface area contributed by atoms with Crippen LogP contribution in [0.25, 0.3) is 0 Å². The summed E-state index contributed by atoms with van der Waals surface area (Å²) < 4.78 is 0. The summed E-state index contributed by atoms with van der Waals surface area (Å²) in [5.74, 6) is 1.61. The summed E-state index contributed by atoms with van der Waals surface area (Å²) in [5, 5.41) is 2.22. The second-order valence-electron chi connectivity index (χ2n) is 6.12. The highest BCUT2D eigenvalue weighted by Crippen LogP contribution is 2.40. The van der Waals surface area contributed by atoms with E-state index < -0.39 is 0 Å². The van der Waals surface area contributed by atoms with Crippen molar-refractivity contribution in [1.82, 2.24) is 4.90 Å². The van der Waals surface area contributed by atoms with E-state index in [0.717, 1.165) is 11.8 Å². The van der Waals surface area contributed by atoms with Crippen LogP contribution in [0.3, 0.4) is 0 Å². The smallest absolute Gasteiger partial charge is 0.0416 e. The molecule has 0 spiro atoms. The average molecular weight is 264 g/mol. The van der Waals surface area contributed by atoms with Crippen LogP contribution in [0.2, 0.25) is 0 Å². The normalized spacial score (nSPS) is 34.5. The van der Waals surface area contributed by atoms with Crippen molar-refractivity contribution < 1.29 is 0 Å². The van der Waals surface area contributed by atoms with Gasteiger partial charge in [0.25, 0.3) is 0 Å². The predicted molar refractivity (Wildman–Crippen MR) is 77.9 cm³/mol. The first-order chi connectivity index (χ1) is 8.66. The van der Waals surface area contributed by atoms with Gasteiger partial charge in [0.1, 0.15) is 0 Å². The number of aryl methyl sites for hydroxylation is 1. The van der Waals surface area contributed by atoms with Crippen LogP contribution in [0, 0.1) is 18.8 Å². The summed E-state index contributed by atoms with van der Waals surface area (Å²) in [6.07, 6.45) is 3.97. The molecule has 2 heterocycles. The SMILES string of the molecule is Cc1ccsc1C(C)N1CC2CCCC(N)C2C1. The minimum Gasteiger partial charge on any atom is -0.327 e. The van der Waals surface area contributed by atoms with Gasteiger partial charge in [-0.15, -0.1) is 11.3 Å². The largest absolute Gasteiger partial charge is 0.327 e. The van der Waals surface area contributed by atoms with Gasteiger partial charge in [-0.25, -0.2) is 0 Å². The van der Waals surface area contributed by atoms with Crippen molar-refractivity contribution in [1.29, 1.82) is 0 Å². The Bertz CT molecular complexity index is 414. The number of nitrogens with two attached hydrogens (primary N) is 1. The van der Waals surface area contributed by atoms with Crippen molar-refractivity contribution in [2.24, 2.45) is 17.6 Å². The zero-order valence-corrected chi connectivity index (χ0v) is 12.2. The highest BCUT2D eigenvalue weighted by molar-refractivity contribution is 7.10. The lowest BCUT2D eigenvalue weighted by atomic mass is 9.78. The Labute approximate surface area is 114 Å². The molecule has 100 valence electrons. The molecule has 0 aromatic carbocycles. The monoisotopic (exact) mass is 264 g/mol. The summed E-state index contributed by atoms with van der Waals surface area (Å²) in [6, 6.07) is 3.26. The molecule has 2 aliphatic rings. The zero-order valence-electron chi connectivity index (χ0n) is 11.4. The van der Waals surface area contributed by atoms with E-state index in [1.807, 2.05) is 11.3 Å². The van der Waals surface area contributed by atoms with Gasteiger partial charge >= 0.3 is 0 Å². The third-order valence-corrected chi connectivity index (χ3v) is 6.20. The molecule has 1 aliphatic heterocycles. The summed E-state index contributed by atoms with van der Waals surface area (Å²) in [7, 11) is 0. The van der Waals surface area contributed by atoms with E-state index in [-0.39, 0.29) is 0 Å². The molecule has 0 radical (unpaired) electrons. The predicted octanol–water partition coefficient (Wildman–Crippen LogP) is 3.18. The summed E-state index contributed by atoms with van der Waals surface area (Å²) in [6.45, 7) is 7.07. The quantitative estimate of drug-likeness (QED) is 0.889. The maximum absolute atomic E-state index is 6.31. The number of fused-ring (bicyclic) bond motifs is 1. The molecule has 1 saturated heterocycles. The van der Waals surface area contributed by atoms with E-state index in [0.29, 0.717) is 12.1 Å². The minimum absolute atomic E-state index is 0.449. The molecular formula is C15H24N2S. The van der Waals surface area contributed by atoms with Crippen LogP contribution in [-0.2, 0) is 0 Å². The molecule has 3 rings (SSSR count). The number of hydrogen-bond donors (Lipinski definition) is 1. The summed E-state index contributed by atoms with van der Waals surface area (Å²) >= 11 is 1.91. The van der Waals surface area contributed by atoms with E-state index in [1.54, 1.807) is 4.88 Å². The molecule has 1 aromatic heterocycles. The molecule has 18 heavy (non-hydrogen) atoms. The Kier molecular flexibility index (Phi) is 3.48. The maximum atomic E-state index is 6.31. The second-order valence-corrected chi connectivity index (χ2v) is 7.06. The van der Waals surface area contributed by atoms with E-state index in [4.69, 9.17) is 5.73 Å². The van der Waals surface area contributed by atoms with E-state index in [1.165, 1.54) is 37.9 Å². The third kappa shape index (κ3) is 2.13. The Morgan fingerprint density at radius 2 is 2.22 bits per heavy atom. The molecule has 0 bridgehead atoms. The van der Waals surface area contributed by atoms with Gasteiger partial charge in [0.2, 0.25) is 0 Å². The van der Waals surface area contributed by atoms with Gasteiger partial charge in [0, 0.05) is 30.1 Å². The Hall–Kier alpha value is -0.380. The van der Waals surface area contributed by atoms with Crippen LogP contribution < -0.4 is 5.73 Å². The number of likely N-dealkylation sites (tertiary alicyclic amines) is 1. The molecule has 4 unspecified atom stereocenters. The van der Waals surface area contributed by atoms with Crippen molar-refractivity contribution >= 4 is 11.3 Å². The standard InChI is InChI=1S/C15H24N2S/c1-10-6-7-18-15(10)11(2)17-8-12-4-3-5-14(16)13(12)9-17/h6-7,11-14H,3-5,8-9,16H2,1-2H3. The van der Waals surface area contributed by atoms with Crippen LogP contribution in [0.1, 0.15) is 42.7 Å². The molecule has 4 atom stereocenters. The van der Waals surface area contributed by atoms with Gasteiger partial charge in [0.15, 0.2) is 0 Å². The molecule has 1 aliphatic carbocycles. The molecule has 2 N–H and O–H groups in total. The zero-order chi connectivity index (χ0) is 12.7. The topological polar surface area (TPSA) is 29.3 Å². The highest BCUT2D eigenvalue weighted by Gasteiger charge is 2.40. The van der Waals surface area contributed by atoms with E-state index in [2.05, 4.69) is 30.2 Å². The highest BCUT2D eigenvalue weighted by atomic mass is 32.1. The van der Waals surface area contributed by atoms with Crippen molar-refractivity contribution in [2.45, 2.75) is 45.2 Å². The lowest BCUT2D eigenvalue weighted by Gasteiger charge is -2.30. The van der Waals surface area contributed by atoms with Crippen molar-refractivity contribution in [3.63, 3.8) is 0 Å². The second kappa shape index (κ2) is 4.95. The Morgan fingerprint density at radius 3 is 2.89 bits per heavy atom. The van der Waals surface area contributed by atoms with Crippen LogP contribution in [0.5, 0.6) is 0 Å².